The molecule has 0 amide bonds. The summed E-state index contributed by atoms with van der Waals surface area (Å²) in [4.78, 5) is 12.5. The molecule has 2 N–H and O–H groups in total. The van der Waals surface area contributed by atoms with Crippen LogP contribution in [0.3, 0.4) is 0 Å². The first-order valence-corrected chi connectivity index (χ1v) is 9.58. The van der Waals surface area contributed by atoms with Crippen molar-refractivity contribution in [3.05, 3.63) is 80.2 Å². The van der Waals surface area contributed by atoms with E-state index in [4.69, 9.17) is 10.6 Å². The number of nitrogens with two attached hydrogens (primary N) is 1. The van der Waals surface area contributed by atoms with Crippen LogP contribution >= 0.6 is 27.7 Å². The number of thioether (sulfide) groups is 1. The third kappa shape index (κ3) is 4.44. The molecular weight excluding hydrogens is 416 g/mol. The van der Waals surface area contributed by atoms with Crippen LogP contribution in [0.2, 0.25) is 0 Å². The molecule has 134 valence electrons. The van der Waals surface area contributed by atoms with Crippen LogP contribution in [0.5, 0.6) is 5.75 Å². The second-order valence-electron chi connectivity index (χ2n) is 5.54. The molecule has 0 aliphatic rings. The van der Waals surface area contributed by atoms with E-state index in [1.54, 1.807) is 7.11 Å². The molecule has 0 atom stereocenters. The van der Waals surface area contributed by atoms with Crippen molar-refractivity contribution in [1.82, 2.24) is 14.9 Å². The van der Waals surface area contributed by atoms with E-state index >= 15 is 0 Å². The van der Waals surface area contributed by atoms with Gasteiger partial charge >= 0.3 is 0 Å². The van der Waals surface area contributed by atoms with Crippen LogP contribution in [-0.2, 0) is 12.2 Å². The first kappa shape index (κ1) is 18.5. The molecule has 26 heavy (non-hydrogen) atoms. The van der Waals surface area contributed by atoms with Gasteiger partial charge in [-0.25, -0.2) is 0 Å². The average molecular weight is 433 g/mol. The van der Waals surface area contributed by atoms with E-state index in [1.807, 2.05) is 48.5 Å². The Hall–Kier alpha value is -2.32. The van der Waals surface area contributed by atoms with Crippen LogP contribution in [0.15, 0.2) is 63.0 Å². The van der Waals surface area contributed by atoms with E-state index < -0.39 is 0 Å². The second-order valence-corrected chi connectivity index (χ2v) is 7.40. The molecule has 0 radical (unpaired) electrons. The Bertz CT molecular complexity index is 943. The van der Waals surface area contributed by atoms with Gasteiger partial charge in [0.25, 0.3) is 5.56 Å². The van der Waals surface area contributed by atoms with Crippen LogP contribution in [0.4, 0.5) is 0 Å². The summed E-state index contributed by atoms with van der Waals surface area (Å²) in [6.07, 6.45) is 0.366. The molecule has 1 aromatic heterocycles. The molecular formula is C18H17BrN4O2S. The fourth-order valence-corrected chi connectivity index (χ4v) is 3.37. The molecule has 0 saturated heterocycles. The topological polar surface area (TPSA) is 83.0 Å². The molecule has 0 bridgehead atoms. The lowest BCUT2D eigenvalue weighted by Gasteiger charge is -2.08. The summed E-state index contributed by atoms with van der Waals surface area (Å²) in [5.41, 5.74) is 2.02. The Morgan fingerprint density at radius 1 is 1.08 bits per heavy atom. The van der Waals surface area contributed by atoms with Crippen LogP contribution in [0.25, 0.3) is 0 Å². The Morgan fingerprint density at radius 2 is 1.73 bits per heavy atom. The summed E-state index contributed by atoms with van der Waals surface area (Å²) in [6, 6.07) is 15.4. The van der Waals surface area contributed by atoms with Crippen molar-refractivity contribution in [2.45, 2.75) is 17.3 Å². The maximum atomic E-state index is 12.5. The van der Waals surface area contributed by atoms with Crippen LogP contribution in [-0.4, -0.2) is 22.0 Å². The number of hydrogen-bond acceptors (Lipinski definition) is 6. The monoisotopic (exact) mass is 432 g/mol. The van der Waals surface area contributed by atoms with Crippen molar-refractivity contribution in [2.24, 2.45) is 0 Å². The fraction of sp³-hybridized carbons (Fsp3) is 0.167. The van der Waals surface area contributed by atoms with E-state index in [9.17, 15) is 4.79 Å². The lowest BCUT2D eigenvalue weighted by atomic mass is 10.1. The van der Waals surface area contributed by atoms with Gasteiger partial charge in [-0.15, -0.1) is 10.2 Å². The Kier molecular flexibility index (Phi) is 5.95. The van der Waals surface area contributed by atoms with Gasteiger partial charge in [0, 0.05) is 16.6 Å². The van der Waals surface area contributed by atoms with Gasteiger partial charge in [-0.05, 0) is 35.4 Å². The highest BCUT2D eigenvalue weighted by atomic mass is 79.9. The highest BCUT2D eigenvalue weighted by Gasteiger charge is 2.11. The van der Waals surface area contributed by atoms with Crippen molar-refractivity contribution in [3.63, 3.8) is 0 Å². The van der Waals surface area contributed by atoms with Crippen molar-refractivity contribution >= 4 is 27.7 Å². The summed E-state index contributed by atoms with van der Waals surface area (Å²) in [7, 11) is 1.61. The maximum Gasteiger partial charge on any atom is 0.294 e. The van der Waals surface area contributed by atoms with Crippen LogP contribution in [0, 0.1) is 0 Å². The number of nitrogen functional groups attached to an aromatic ring is 1. The highest BCUT2D eigenvalue weighted by Crippen LogP contribution is 2.20. The van der Waals surface area contributed by atoms with E-state index in [-0.39, 0.29) is 5.56 Å². The number of methoxy groups -OCH3 is 1. The molecule has 0 aliphatic heterocycles. The van der Waals surface area contributed by atoms with Gasteiger partial charge in [0.05, 0.1) is 7.11 Å². The highest BCUT2D eigenvalue weighted by molar-refractivity contribution is 9.10. The number of nitrogens with zero attached hydrogens (tertiary/aromatic N) is 3. The van der Waals surface area contributed by atoms with E-state index in [0.717, 1.165) is 26.0 Å². The fourth-order valence-electron chi connectivity index (χ4n) is 2.29. The molecule has 6 nitrogen and oxygen atoms in total. The molecule has 1 heterocycles. The van der Waals surface area contributed by atoms with Gasteiger partial charge in [-0.2, -0.15) is 4.68 Å². The number of aromatic nitrogens is 3. The quantitative estimate of drug-likeness (QED) is 0.476. The predicted octanol–water partition coefficient (Wildman–Crippen LogP) is 3.01. The second kappa shape index (κ2) is 8.37. The SMILES string of the molecule is COc1ccc(Cc2nnc(SCc3ccc(Br)cc3)n(N)c2=O)cc1. The summed E-state index contributed by atoms with van der Waals surface area (Å²) in [6.45, 7) is 0. The van der Waals surface area contributed by atoms with E-state index in [0.29, 0.717) is 23.0 Å². The lowest BCUT2D eigenvalue weighted by Crippen LogP contribution is -2.33. The van der Waals surface area contributed by atoms with E-state index in [1.165, 1.54) is 11.8 Å². The third-order valence-corrected chi connectivity index (χ3v) is 5.28. The Balaban J connectivity index is 1.73. The van der Waals surface area contributed by atoms with Crippen molar-refractivity contribution < 1.29 is 4.74 Å². The van der Waals surface area contributed by atoms with Gasteiger partial charge in [0.2, 0.25) is 5.16 Å². The zero-order valence-corrected chi connectivity index (χ0v) is 16.5. The van der Waals surface area contributed by atoms with Crippen molar-refractivity contribution in [3.8, 4) is 5.75 Å². The summed E-state index contributed by atoms with van der Waals surface area (Å²) >= 11 is 4.78. The molecule has 0 unspecified atom stereocenters. The van der Waals surface area contributed by atoms with Gasteiger partial charge in [0.1, 0.15) is 11.4 Å². The van der Waals surface area contributed by atoms with E-state index in [2.05, 4.69) is 26.1 Å². The number of rotatable bonds is 6. The summed E-state index contributed by atoms with van der Waals surface area (Å²) in [5, 5.41) is 8.58. The van der Waals surface area contributed by atoms with Crippen molar-refractivity contribution in [2.75, 3.05) is 13.0 Å². The van der Waals surface area contributed by atoms with Gasteiger partial charge in [0.15, 0.2) is 0 Å². The average Bonchev–Trinajstić information content (AvgIpc) is 2.67. The molecule has 8 heteroatoms. The minimum Gasteiger partial charge on any atom is -0.497 e. The maximum absolute atomic E-state index is 12.5. The normalized spacial score (nSPS) is 10.7. The smallest absolute Gasteiger partial charge is 0.294 e. The zero-order chi connectivity index (χ0) is 18.5. The molecule has 3 rings (SSSR count). The summed E-state index contributed by atoms with van der Waals surface area (Å²) in [5.74, 6) is 7.33. The zero-order valence-electron chi connectivity index (χ0n) is 14.1. The van der Waals surface area contributed by atoms with Crippen LogP contribution < -0.4 is 16.1 Å². The number of halogens is 1. The molecule has 2 aromatic carbocycles. The molecule has 0 aliphatic carbocycles. The Labute approximate surface area is 163 Å². The minimum absolute atomic E-state index is 0.311. The number of ether oxygens (including phenoxy) is 1. The molecule has 0 spiro atoms. The predicted molar refractivity (Wildman–Crippen MR) is 106 cm³/mol. The minimum atomic E-state index is -0.339. The molecule has 0 saturated carbocycles. The van der Waals surface area contributed by atoms with Crippen LogP contribution in [0.1, 0.15) is 16.8 Å². The first-order valence-electron chi connectivity index (χ1n) is 7.80. The van der Waals surface area contributed by atoms with Gasteiger partial charge in [-0.3, -0.25) is 4.79 Å². The first-order chi connectivity index (χ1) is 12.6. The molecule has 0 fully saturated rings. The largest absolute Gasteiger partial charge is 0.497 e. The van der Waals surface area contributed by atoms with Gasteiger partial charge < -0.3 is 10.6 Å². The summed E-state index contributed by atoms with van der Waals surface area (Å²) < 4.78 is 7.21. The standard InChI is InChI=1S/C18H17BrN4O2S/c1-25-15-8-4-12(5-9-15)10-16-17(24)23(20)18(22-21-16)26-11-13-2-6-14(19)7-3-13/h2-9H,10-11,20H2,1H3. The van der Waals surface area contributed by atoms with Gasteiger partial charge in [-0.1, -0.05) is 52.0 Å². The third-order valence-electron chi connectivity index (χ3n) is 3.74. The number of benzene rings is 2. The number of hydrogen-bond donors (Lipinski definition) is 1. The van der Waals surface area contributed by atoms with Crippen molar-refractivity contribution in [1.29, 1.82) is 0 Å². The molecule has 3 aromatic rings. The lowest BCUT2D eigenvalue weighted by molar-refractivity contribution is 0.414. The Morgan fingerprint density at radius 3 is 2.38 bits per heavy atom.